The van der Waals surface area contributed by atoms with Crippen molar-refractivity contribution in [2.45, 2.75) is 51.7 Å². The van der Waals surface area contributed by atoms with Crippen LogP contribution in [0.2, 0.25) is 0 Å². The molecule has 2 aromatic heterocycles. The van der Waals surface area contributed by atoms with Gasteiger partial charge in [-0.3, -0.25) is 0 Å². The van der Waals surface area contributed by atoms with Gasteiger partial charge in [0.25, 0.3) is 0 Å². The molecule has 0 saturated heterocycles. The van der Waals surface area contributed by atoms with Crippen LogP contribution in [0.1, 0.15) is 57.3 Å². The lowest BCUT2D eigenvalue weighted by molar-refractivity contribution is 0.180. The zero-order chi connectivity index (χ0) is 25.5. The van der Waals surface area contributed by atoms with Gasteiger partial charge in [0.2, 0.25) is 0 Å². The van der Waals surface area contributed by atoms with Gasteiger partial charge >= 0.3 is 6.03 Å². The maximum atomic E-state index is 14.0. The van der Waals surface area contributed by atoms with Crippen LogP contribution in [0.25, 0.3) is 5.00 Å². The maximum Gasteiger partial charge on any atom is 0.318 e. The predicted molar refractivity (Wildman–Crippen MR) is 152 cm³/mol. The van der Waals surface area contributed by atoms with Crippen LogP contribution in [-0.4, -0.2) is 29.6 Å². The molecule has 4 aromatic rings. The SMILES string of the molecule is Cc1ccc(CNC(=O)N2Cc3c(sc4c3CCCC4)-n3cccc3[C@H]2c2ccc(N(C)C)cc2)cc1. The van der Waals surface area contributed by atoms with Crippen LogP contribution in [0, 0.1) is 6.92 Å². The summed E-state index contributed by atoms with van der Waals surface area (Å²) < 4.78 is 2.34. The number of benzene rings is 2. The van der Waals surface area contributed by atoms with E-state index < -0.39 is 0 Å². The van der Waals surface area contributed by atoms with Crippen molar-refractivity contribution in [2.75, 3.05) is 19.0 Å². The first-order valence-electron chi connectivity index (χ1n) is 13.2. The maximum absolute atomic E-state index is 14.0. The molecule has 2 aromatic carbocycles. The quantitative estimate of drug-likeness (QED) is 0.336. The molecule has 1 N–H and O–H groups in total. The number of anilines is 1. The Balaban J connectivity index is 1.42. The van der Waals surface area contributed by atoms with Gasteiger partial charge in [-0.15, -0.1) is 11.3 Å². The third kappa shape index (κ3) is 4.44. The number of aryl methyl sites for hydroxylation is 2. The molecule has 6 heteroatoms. The smallest absolute Gasteiger partial charge is 0.318 e. The minimum Gasteiger partial charge on any atom is -0.378 e. The van der Waals surface area contributed by atoms with Gasteiger partial charge in [0, 0.05) is 43.0 Å². The van der Waals surface area contributed by atoms with Crippen molar-refractivity contribution in [1.29, 1.82) is 0 Å². The van der Waals surface area contributed by atoms with E-state index in [2.05, 4.69) is 108 Å². The molecule has 0 spiro atoms. The molecule has 6 rings (SSSR count). The van der Waals surface area contributed by atoms with Gasteiger partial charge in [0.1, 0.15) is 5.00 Å². The van der Waals surface area contributed by atoms with E-state index in [1.165, 1.54) is 39.4 Å². The topological polar surface area (TPSA) is 40.5 Å². The number of hydrogen-bond donors (Lipinski definition) is 1. The number of aromatic nitrogens is 1. The van der Waals surface area contributed by atoms with E-state index in [4.69, 9.17) is 0 Å². The fraction of sp³-hybridized carbons (Fsp3) is 0.323. The number of carbonyl (C=O) groups is 1. The van der Waals surface area contributed by atoms with E-state index in [0.29, 0.717) is 13.1 Å². The van der Waals surface area contributed by atoms with E-state index in [9.17, 15) is 4.79 Å². The summed E-state index contributed by atoms with van der Waals surface area (Å²) in [6.07, 6.45) is 6.92. The number of nitrogens with zero attached hydrogens (tertiary/aromatic N) is 3. The highest BCUT2D eigenvalue weighted by molar-refractivity contribution is 7.15. The summed E-state index contributed by atoms with van der Waals surface area (Å²) in [5, 5.41) is 4.53. The minimum absolute atomic E-state index is 0.0291. The van der Waals surface area contributed by atoms with Gasteiger partial charge in [-0.2, -0.15) is 0 Å². The summed E-state index contributed by atoms with van der Waals surface area (Å²) in [6, 6.07) is 21.1. The molecule has 2 amide bonds. The first-order valence-corrected chi connectivity index (χ1v) is 14.0. The fourth-order valence-electron chi connectivity index (χ4n) is 5.68. The van der Waals surface area contributed by atoms with Crippen molar-refractivity contribution in [3.8, 4) is 5.00 Å². The van der Waals surface area contributed by atoms with E-state index >= 15 is 0 Å². The lowest BCUT2D eigenvalue weighted by Gasteiger charge is -2.31. The molecule has 0 fully saturated rings. The number of urea groups is 1. The van der Waals surface area contributed by atoms with Crippen molar-refractivity contribution in [3.63, 3.8) is 0 Å². The Morgan fingerprint density at radius 1 is 1.00 bits per heavy atom. The lowest BCUT2D eigenvalue weighted by atomic mass is 9.95. The van der Waals surface area contributed by atoms with Crippen molar-refractivity contribution in [3.05, 3.63) is 105 Å². The molecule has 0 saturated carbocycles. The second-order valence-electron chi connectivity index (χ2n) is 10.5. The van der Waals surface area contributed by atoms with E-state index in [-0.39, 0.29) is 12.1 Å². The number of hydrogen-bond acceptors (Lipinski definition) is 3. The first-order chi connectivity index (χ1) is 18.0. The highest BCUT2D eigenvalue weighted by Crippen LogP contribution is 2.44. The molecule has 0 unspecified atom stereocenters. The van der Waals surface area contributed by atoms with Crippen LogP contribution in [0.4, 0.5) is 10.5 Å². The molecular formula is C31H34N4OS. The molecule has 1 aliphatic heterocycles. The second-order valence-corrected chi connectivity index (χ2v) is 11.5. The number of nitrogens with one attached hydrogen (secondary N) is 1. The molecule has 190 valence electrons. The summed E-state index contributed by atoms with van der Waals surface area (Å²) in [4.78, 5) is 19.6. The van der Waals surface area contributed by atoms with Crippen LogP contribution >= 0.6 is 11.3 Å². The Labute approximate surface area is 223 Å². The zero-order valence-corrected chi connectivity index (χ0v) is 22.6. The first kappa shape index (κ1) is 23.9. The number of rotatable bonds is 4. The van der Waals surface area contributed by atoms with Crippen molar-refractivity contribution in [1.82, 2.24) is 14.8 Å². The summed E-state index contributed by atoms with van der Waals surface area (Å²) in [5.74, 6) is 0. The van der Waals surface area contributed by atoms with Crippen LogP contribution in [0.5, 0.6) is 0 Å². The Hall–Kier alpha value is -3.51. The average molecular weight is 511 g/mol. The van der Waals surface area contributed by atoms with Gasteiger partial charge in [0.15, 0.2) is 0 Å². The standard InChI is InChI=1S/C31H34N4OS/c1-21-10-12-22(13-11-21)19-32-31(36)35-20-26-25-7-4-5-9-28(25)37-30(26)34-18-6-8-27(34)29(35)23-14-16-24(17-15-23)33(2)3/h6,8,10-18,29H,4-5,7,9,19-20H2,1-3H3,(H,32,36)/t29-/m1/s1. The molecule has 1 aliphatic carbocycles. The van der Waals surface area contributed by atoms with Crippen LogP contribution in [-0.2, 0) is 25.9 Å². The van der Waals surface area contributed by atoms with Crippen molar-refractivity contribution in [2.24, 2.45) is 0 Å². The summed E-state index contributed by atoms with van der Waals surface area (Å²) in [7, 11) is 4.11. The molecule has 0 radical (unpaired) electrons. The molecule has 1 atom stereocenters. The molecule has 0 bridgehead atoms. The third-order valence-corrected chi connectivity index (χ3v) is 9.06. The van der Waals surface area contributed by atoms with Gasteiger partial charge in [-0.05, 0) is 73.6 Å². The Kier molecular flexibility index (Phi) is 6.29. The minimum atomic E-state index is -0.178. The largest absolute Gasteiger partial charge is 0.378 e. The monoisotopic (exact) mass is 510 g/mol. The van der Waals surface area contributed by atoms with Crippen LogP contribution < -0.4 is 10.2 Å². The van der Waals surface area contributed by atoms with E-state index in [0.717, 1.165) is 35.3 Å². The van der Waals surface area contributed by atoms with Crippen molar-refractivity contribution < 1.29 is 4.79 Å². The number of amides is 2. The highest BCUT2D eigenvalue weighted by Gasteiger charge is 2.36. The van der Waals surface area contributed by atoms with Gasteiger partial charge in [-0.25, -0.2) is 4.79 Å². The second kappa shape index (κ2) is 9.75. The Morgan fingerprint density at radius 3 is 2.51 bits per heavy atom. The predicted octanol–water partition coefficient (Wildman–Crippen LogP) is 6.61. The van der Waals surface area contributed by atoms with Crippen LogP contribution in [0.15, 0.2) is 66.9 Å². The number of carbonyl (C=O) groups excluding carboxylic acids is 1. The van der Waals surface area contributed by atoms with Gasteiger partial charge in [-0.1, -0.05) is 42.0 Å². The zero-order valence-electron chi connectivity index (χ0n) is 21.8. The summed E-state index contributed by atoms with van der Waals surface area (Å²) >= 11 is 1.93. The van der Waals surface area contributed by atoms with Gasteiger partial charge in [0.05, 0.1) is 18.3 Å². The average Bonchev–Trinajstić information content (AvgIpc) is 3.50. The Bertz CT molecular complexity index is 1410. The van der Waals surface area contributed by atoms with E-state index in [1.54, 1.807) is 0 Å². The number of fused-ring (bicyclic) bond motifs is 5. The molecule has 3 heterocycles. The highest BCUT2D eigenvalue weighted by atomic mass is 32.1. The molecule has 2 aliphatic rings. The Morgan fingerprint density at radius 2 is 1.76 bits per heavy atom. The van der Waals surface area contributed by atoms with E-state index in [1.807, 2.05) is 11.3 Å². The number of thiophene rings is 1. The van der Waals surface area contributed by atoms with Crippen LogP contribution in [0.3, 0.4) is 0 Å². The molecular weight excluding hydrogens is 476 g/mol. The fourth-order valence-corrected chi connectivity index (χ4v) is 7.08. The molecule has 5 nitrogen and oxygen atoms in total. The summed E-state index contributed by atoms with van der Waals surface area (Å²) in [6.45, 7) is 3.21. The van der Waals surface area contributed by atoms with Crippen molar-refractivity contribution >= 4 is 23.1 Å². The summed E-state index contributed by atoms with van der Waals surface area (Å²) in [5.41, 5.74) is 8.55. The third-order valence-electron chi connectivity index (χ3n) is 7.73. The molecule has 37 heavy (non-hydrogen) atoms. The van der Waals surface area contributed by atoms with Gasteiger partial charge < -0.3 is 19.7 Å². The normalized spacial score (nSPS) is 16.4. The lowest BCUT2D eigenvalue weighted by Crippen LogP contribution is -2.41.